The van der Waals surface area contributed by atoms with E-state index in [0.29, 0.717) is 6.54 Å². The molecule has 0 saturated carbocycles. The van der Waals surface area contributed by atoms with Crippen molar-refractivity contribution < 1.29 is 4.92 Å². The van der Waals surface area contributed by atoms with E-state index in [0.717, 1.165) is 10.0 Å². The number of halogens is 1. The van der Waals surface area contributed by atoms with Crippen LogP contribution < -0.4 is 5.32 Å². The molecule has 0 bridgehead atoms. The molecule has 20 heavy (non-hydrogen) atoms. The lowest BCUT2D eigenvalue weighted by atomic mass is 10.2. The number of hydrogen-bond donors (Lipinski definition) is 1. The van der Waals surface area contributed by atoms with Gasteiger partial charge in [-0.2, -0.15) is 0 Å². The standard InChI is InChI=1S/C14H16BrN3O2/c1-10(16-2)14-4-3-7-17(14)9-11-5-6-12(18(19)20)8-13(11)15/h3-8,10,16H,9H2,1-2H3. The van der Waals surface area contributed by atoms with E-state index < -0.39 is 4.92 Å². The van der Waals surface area contributed by atoms with Gasteiger partial charge in [-0.15, -0.1) is 0 Å². The van der Waals surface area contributed by atoms with E-state index in [1.807, 2.05) is 19.3 Å². The number of aromatic nitrogens is 1. The van der Waals surface area contributed by atoms with Gasteiger partial charge in [0.1, 0.15) is 0 Å². The smallest absolute Gasteiger partial charge is 0.270 e. The summed E-state index contributed by atoms with van der Waals surface area (Å²) in [5.74, 6) is 0. The van der Waals surface area contributed by atoms with Crippen LogP contribution >= 0.6 is 15.9 Å². The molecule has 1 N–H and O–H groups in total. The molecule has 0 aliphatic heterocycles. The van der Waals surface area contributed by atoms with Crippen molar-refractivity contribution in [2.45, 2.75) is 19.5 Å². The highest BCUT2D eigenvalue weighted by Crippen LogP contribution is 2.25. The predicted octanol–water partition coefficient (Wildman–Crippen LogP) is 3.49. The van der Waals surface area contributed by atoms with Gasteiger partial charge in [0.15, 0.2) is 0 Å². The summed E-state index contributed by atoms with van der Waals surface area (Å²) in [6.45, 7) is 2.77. The summed E-state index contributed by atoms with van der Waals surface area (Å²) in [6.07, 6.45) is 2.01. The fourth-order valence-corrected chi connectivity index (χ4v) is 2.57. The number of nitrogens with one attached hydrogen (secondary N) is 1. The van der Waals surface area contributed by atoms with E-state index in [9.17, 15) is 10.1 Å². The molecule has 0 amide bonds. The Morgan fingerprint density at radius 3 is 2.80 bits per heavy atom. The van der Waals surface area contributed by atoms with E-state index in [2.05, 4.69) is 38.8 Å². The van der Waals surface area contributed by atoms with Crippen molar-refractivity contribution in [2.24, 2.45) is 0 Å². The number of hydrogen-bond acceptors (Lipinski definition) is 3. The zero-order valence-corrected chi connectivity index (χ0v) is 12.9. The summed E-state index contributed by atoms with van der Waals surface area (Å²) in [5, 5.41) is 13.9. The maximum atomic E-state index is 10.7. The third-order valence-electron chi connectivity index (χ3n) is 3.33. The van der Waals surface area contributed by atoms with E-state index >= 15 is 0 Å². The molecule has 1 unspecified atom stereocenters. The number of non-ortho nitro benzene ring substituents is 1. The average molecular weight is 338 g/mol. The van der Waals surface area contributed by atoms with Crippen molar-refractivity contribution in [2.75, 3.05) is 7.05 Å². The van der Waals surface area contributed by atoms with Crippen molar-refractivity contribution in [3.63, 3.8) is 0 Å². The van der Waals surface area contributed by atoms with Crippen LogP contribution in [0.3, 0.4) is 0 Å². The van der Waals surface area contributed by atoms with Crippen molar-refractivity contribution in [1.29, 1.82) is 0 Å². The van der Waals surface area contributed by atoms with E-state index in [1.165, 1.54) is 11.8 Å². The molecule has 106 valence electrons. The summed E-state index contributed by atoms with van der Waals surface area (Å²) < 4.78 is 2.89. The molecule has 1 heterocycles. The lowest BCUT2D eigenvalue weighted by Gasteiger charge is -2.15. The second-order valence-corrected chi connectivity index (χ2v) is 5.46. The van der Waals surface area contributed by atoms with Crippen LogP contribution in [-0.2, 0) is 6.54 Å². The molecule has 0 spiro atoms. The van der Waals surface area contributed by atoms with Crippen LogP contribution in [0, 0.1) is 10.1 Å². The Hall–Kier alpha value is -1.66. The molecular formula is C14H16BrN3O2. The molecule has 0 radical (unpaired) electrons. The van der Waals surface area contributed by atoms with Crippen molar-refractivity contribution in [1.82, 2.24) is 9.88 Å². The van der Waals surface area contributed by atoms with Crippen molar-refractivity contribution in [3.8, 4) is 0 Å². The van der Waals surface area contributed by atoms with E-state index in [4.69, 9.17) is 0 Å². The summed E-state index contributed by atoms with van der Waals surface area (Å²) in [5.41, 5.74) is 2.28. The Kier molecular flexibility index (Phi) is 4.57. The Morgan fingerprint density at radius 2 is 2.20 bits per heavy atom. The maximum absolute atomic E-state index is 10.7. The second-order valence-electron chi connectivity index (χ2n) is 4.60. The van der Waals surface area contributed by atoms with Crippen LogP contribution in [-0.4, -0.2) is 16.5 Å². The molecular weight excluding hydrogens is 322 g/mol. The predicted molar refractivity (Wildman–Crippen MR) is 81.8 cm³/mol. The van der Waals surface area contributed by atoms with Gasteiger partial charge in [0.05, 0.1) is 4.92 Å². The number of nitrogens with zero attached hydrogens (tertiary/aromatic N) is 2. The van der Waals surface area contributed by atoms with Gasteiger partial charge in [-0.1, -0.05) is 15.9 Å². The van der Waals surface area contributed by atoms with Crippen molar-refractivity contribution in [3.05, 3.63) is 62.4 Å². The third kappa shape index (κ3) is 3.08. The molecule has 2 aromatic rings. The van der Waals surface area contributed by atoms with Gasteiger partial charge in [0.2, 0.25) is 0 Å². The second kappa shape index (κ2) is 6.19. The maximum Gasteiger partial charge on any atom is 0.270 e. The fraction of sp³-hybridized carbons (Fsp3) is 0.286. The monoisotopic (exact) mass is 337 g/mol. The van der Waals surface area contributed by atoms with Crippen LogP contribution in [0.15, 0.2) is 41.0 Å². The summed E-state index contributed by atoms with van der Waals surface area (Å²) >= 11 is 3.41. The first kappa shape index (κ1) is 14.7. The first-order valence-corrected chi connectivity index (χ1v) is 7.07. The highest BCUT2D eigenvalue weighted by molar-refractivity contribution is 9.10. The minimum atomic E-state index is -0.390. The largest absolute Gasteiger partial charge is 0.346 e. The summed E-state index contributed by atoms with van der Waals surface area (Å²) in [4.78, 5) is 10.3. The lowest BCUT2D eigenvalue weighted by molar-refractivity contribution is -0.384. The zero-order chi connectivity index (χ0) is 14.7. The minimum Gasteiger partial charge on any atom is -0.346 e. The Balaban J connectivity index is 2.27. The van der Waals surface area contributed by atoms with Crippen LogP contribution in [0.2, 0.25) is 0 Å². The zero-order valence-electron chi connectivity index (χ0n) is 11.3. The normalized spacial score (nSPS) is 12.3. The molecule has 0 aliphatic carbocycles. The van der Waals surface area contributed by atoms with Gasteiger partial charge in [0, 0.05) is 41.1 Å². The number of rotatable bonds is 5. The molecule has 0 fully saturated rings. The highest BCUT2D eigenvalue weighted by atomic mass is 79.9. The lowest BCUT2D eigenvalue weighted by Crippen LogP contribution is -2.17. The Morgan fingerprint density at radius 1 is 1.45 bits per heavy atom. The third-order valence-corrected chi connectivity index (χ3v) is 4.07. The number of nitro benzene ring substituents is 1. The van der Waals surface area contributed by atoms with Gasteiger partial charge < -0.3 is 9.88 Å². The van der Waals surface area contributed by atoms with E-state index in [-0.39, 0.29) is 11.7 Å². The first-order valence-electron chi connectivity index (χ1n) is 6.28. The molecule has 0 saturated heterocycles. The summed E-state index contributed by atoms with van der Waals surface area (Å²) in [7, 11) is 1.92. The van der Waals surface area contributed by atoms with Gasteiger partial charge in [-0.3, -0.25) is 10.1 Å². The highest BCUT2D eigenvalue weighted by Gasteiger charge is 2.12. The SMILES string of the molecule is CNC(C)c1cccn1Cc1ccc([N+](=O)[O-])cc1Br. The molecule has 1 aromatic heterocycles. The molecule has 2 rings (SSSR count). The molecule has 5 nitrogen and oxygen atoms in total. The quantitative estimate of drug-likeness (QED) is 0.671. The molecule has 1 atom stereocenters. The van der Waals surface area contributed by atoms with Crippen LogP contribution in [0.4, 0.5) is 5.69 Å². The van der Waals surface area contributed by atoms with Crippen LogP contribution in [0.1, 0.15) is 24.2 Å². The van der Waals surface area contributed by atoms with Gasteiger partial charge in [-0.25, -0.2) is 0 Å². The van der Waals surface area contributed by atoms with Gasteiger partial charge in [-0.05, 0) is 37.7 Å². The van der Waals surface area contributed by atoms with Gasteiger partial charge >= 0.3 is 0 Å². The summed E-state index contributed by atoms with van der Waals surface area (Å²) in [6, 6.07) is 9.19. The number of nitro groups is 1. The van der Waals surface area contributed by atoms with E-state index in [1.54, 1.807) is 12.1 Å². The first-order chi connectivity index (χ1) is 9.52. The van der Waals surface area contributed by atoms with Crippen LogP contribution in [0.25, 0.3) is 0 Å². The molecule has 0 aliphatic rings. The topological polar surface area (TPSA) is 60.1 Å². The number of benzene rings is 1. The fourth-order valence-electron chi connectivity index (χ4n) is 2.07. The molecule has 6 heteroatoms. The Labute approximate surface area is 125 Å². The van der Waals surface area contributed by atoms with Crippen LogP contribution in [0.5, 0.6) is 0 Å². The van der Waals surface area contributed by atoms with Gasteiger partial charge in [0.25, 0.3) is 5.69 Å². The Bertz CT molecular complexity index is 625. The van der Waals surface area contributed by atoms with Crippen molar-refractivity contribution >= 4 is 21.6 Å². The molecule has 1 aromatic carbocycles. The average Bonchev–Trinajstić information content (AvgIpc) is 2.88. The minimum absolute atomic E-state index is 0.0944.